The lowest BCUT2D eigenvalue weighted by atomic mass is 9.95. The van der Waals surface area contributed by atoms with Gasteiger partial charge in [-0.05, 0) is 88.3 Å². The Kier molecular flexibility index (Phi) is 6.32. The molecule has 0 bridgehead atoms. The van der Waals surface area contributed by atoms with E-state index in [-0.39, 0.29) is 0 Å². The topological polar surface area (TPSA) is 30.7 Å². The highest BCUT2D eigenvalue weighted by molar-refractivity contribution is 7.22. The smallest absolute Gasteiger partial charge is 0.0893 e. The van der Waals surface area contributed by atoms with Crippen LogP contribution < -0.4 is 0 Å². The lowest BCUT2D eigenvalue weighted by Gasteiger charge is -2.11. The van der Waals surface area contributed by atoms with Crippen LogP contribution in [0.3, 0.4) is 0 Å². The molecule has 46 heavy (non-hydrogen) atoms. The maximum absolute atomic E-state index is 4.91. The Morgan fingerprint density at radius 3 is 1.89 bits per heavy atom. The lowest BCUT2D eigenvalue weighted by molar-refractivity contribution is 1.13. The van der Waals surface area contributed by atoms with Gasteiger partial charge in [-0.2, -0.15) is 0 Å². The van der Waals surface area contributed by atoms with Crippen LogP contribution in [0.5, 0.6) is 0 Å². The molecule has 0 radical (unpaired) electrons. The van der Waals surface area contributed by atoms with Crippen LogP contribution in [0.1, 0.15) is 0 Å². The Hall–Kier alpha value is -5.84. The molecule has 0 unspecified atom stereocenters. The van der Waals surface area contributed by atoms with Crippen molar-refractivity contribution in [1.29, 1.82) is 0 Å². The standard InChI is InChI=1S/C42H27N3S/c1-3-11-28(12-4-1)33-22-38-39(43-25-33)23-34(26-44-38)30-19-31(21-32(20-30)42-24-29-13-7-10-18-41(29)46-42)37-27-45(35-14-5-2-6-15-35)40-17-9-8-16-36(37)40/h1-27H. The zero-order chi connectivity index (χ0) is 30.5. The number of nitrogens with zero attached hydrogens (tertiary/aromatic N) is 3. The van der Waals surface area contributed by atoms with Crippen molar-refractivity contribution in [2.45, 2.75) is 0 Å². The SMILES string of the molecule is c1ccc(-c2cnc3cc(-c4cc(-c5cc6ccccc6s5)cc(-c5cn(-c6ccccc6)c6ccccc56)c4)cnc3c2)cc1. The lowest BCUT2D eigenvalue weighted by Crippen LogP contribution is -1.90. The highest BCUT2D eigenvalue weighted by atomic mass is 32.1. The third-order valence-electron chi connectivity index (χ3n) is 8.67. The second-order valence-corrected chi connectivity index (χ2v) is 12.6. The molecule has 4 heterocycles. The van der Waals surface area contributed by atoms with Crippen LogP contribution in [0.4, 0.5) is 0 Å². The summed E-state index contributed by atoms with van der Waals surface area (Å²) in [6.07, 6.45) is 6.21. The highest BCUT2D eigenvalue weighted by Crippen LogP contribution is 2.41. The van der Waals surface area contributed by atoms with Crippen LogP contribution in [-0.4, -0.2) is 14.5 Å². The number of hydrogen-bond acceptors (Lipinski definition) is 3. The number of para-hydroxylation sites is 2. The Balaban J connectivity index is 1.23. The molecule has 0 aliphatic heterocycles. The van der Waals surface area contributed by atoms with Crippen LogP contribution in [0.2, 0.25) is 0 Å². The van der Waals surface area contributed by atoms with Crippen LogP contribution in [-0.2, 0) is 0 Å². The summed E-state index contributed by atoms with van der Waals surface area (Å²) >= 11 is 1.83. The average molecular weight is 606 g/mol. The van der Waals surface area contributed by atoms with Gasteiger partial charge in [-0.15, -0.1) is 11.3 Å². The molecule has 216 valence electrons. The fourth-order valence-corrected chi connectivity index (χ4v) is 7.43. The molecule has 3 nitrogen and oxygen atoms in total. The molecule has 0 saturated carbocycles. The van der Waals surface area contributed by atoms with Gasteiger partial charge in [-0.1, -0.05) is 84.9 Å². The van der Waals surface area contributed by atoms with E-state index in [1.54, 1.807) is 0 Å². The van der Waals surface area contributed by atoms with Gasteiger partial charge in [0.1, 0.15) is 0 Å². The molecule has 0 N–H and O–H groups in total. The number of benzene rings is 5. The number of pyridine rings is 2. The molecule has 0 aliphatic carbocycles. The highest BCUT2D eigenvalue weighted by Gasteiger charge is 2.16. The van der Waals surface area contributed by atoms with Crippen LogP contribution in [0, 0.1) is 0 Å². The first-order valence-corrected chi connectivity index (χ1v) is 16.2. The van der Waals surface area contributed by atoms with Crippen molar-refractivity contribution < 1.29 is 0 Å². The van der Waals surface area contributed by atoms with E-state index in [0.717, 1.165) is 39.0 Å². The third-order valence-corrected chi connectivity index (χ3v) is 9.84. The van der Waals surface area contributed by atoms with E-state index in [9.17, 15) is 0 Å². The molecule has 9 rings (SSSR count). The summed E-state index contributed by atoms with van der Waals surface area (Å²) in [6, 6.07) is 51.7. The van der Waals surface area contributed by atoms with Gasteiger partial charge in [-0.25, -0.2) is 0 Å². The van der Waals surface area contributed by atoms with Crippen molar-refractivity contribution in [3.63, 3.8) is 0 Å². The molecule has 0 saturated heterocycles. The maximum atomic E-state index is 4.91. The quantitative estimate of drug-likeness (QED) is 0.195. The minimum absolute atomic E-state index is 0.881. The molecule has 5 aromatic carbocycles. The van der Waals surface area contributed by atoms with Gasteiger partial charge in [0, 0.05) is 55.9 Å². The van der Waals surface area contributed by atoms with Crippen molar-refractivity contribution in [3.8, 4) is 49.5 Å². The van der Waals surface area contributed by atoms with E-state index in [1.807, 2.05) is 29.8 Å². The van der Waals surface area contributed by atoms with Crippen molar-refractivity contribution >= 4 is 43.4 Å². The van der Waals surface area contributed by atoms with Crippen molar-refractivity contribution in [2.75, 3.05) is 0 Å². The second kappa shape index (κ2) is 11.0. The summed E-state index contributed by atoms with van der Waals surface area (Å²) in [5.41, 5.74) is 12.0. The van der Waals surface area contributed by atoms with Crippen LogP contribution in [0.25, 0.3) is 81.5 Å². The summed E-state index contributed by atoms with van der Waals surface area (Å²) in [6.45, 7) is 0. The van der Waals surface area contributed by atoms with Crippen molar-refractivity contribution in [2.24, 2.45) is 0 Å². The molecule has 0 aliphatic rings. The van der Waals surface area contributed by atoms with Gasteiger partial charge in [0.15, 0.2) is 0 Å². The summed E-state index contributed by atoms with van der Waals surface area (Å²) in [5, 5.41) is 2.48. The van der Waals surface area contributed by atoms with Gasteiger partial charge < -0.3 is 4.57 Å². The average Bonchev–Trinajstić information content (AvgIpc) is 3.74. The van der Waals surface area contributed by atoms with Gasteiger partial charge >= 0.3 is 0 Å². The van der Waals surface area contributed by atoms with E-state index in [0.29, 0.717) is 0 Å². The molecule has 4 aromatic heterocycles. The largest absolute Gasteiger partial charge is 0.316 e. The molecular formula is C42H27N3S. The zero-order valence-corrected chi connectivity index (χ0v) is 25.7. The van der Waals surface area contributed by atoms with Gasteiger partial charge in [0.2, 0.25) is 0 Å². The van der Waals surface area contributed by atoms with Gasteiger partial charge in [0.05, 0.1) is 16.6 Å². The zero-order valence-electron chi connectivity index (χ0n) is 24.8. The molecule has 9 aromatic rings. The van der Waals surface area contributed by atoms with Gasteiger partial charge in [0.25, 0.3) is 0 Å². The Morgan fingerprint density at radius 1 is 0.478 bits per heavy atom. The Labute approximate surface area is 270 Å². The summed E-state index contributed by atoms with van der Waals surface area (Å²) < 4.78 is 3.58. The second-order valence-electron chi connectivity index (χ2n) is 11.6. The Morgan fingerprint density at radius 2 is 1.11 bits per heavy atom. The molecule has 0 spiro atoms. The monoisotopic (exact) mass is 605 g/mol. The molecule has 0 fully saturated rings. The fourth-order valence-electron chi connectivity index (χ4n) is 6.38. The maximum Gasteiger partial charge on any atom is 0.0893 e. The predicted molar refractivity (Wildman–Crippen MR) is 193 cm³/mol. The first-order chi connectivity index (χ1) is 22.8. The number of rotatable bonds is 5. The first-order valence-electron chi connectivity index (χ1n) is 15.4. The van der Waals surface area contributed by atoms with E-state index in [2.05, 4.69) is 150 Å². The normalized spacial score (nSPS) is 11.5. The number of hydrogen-bond donors (Lipinski definition) is 0. The summed E-state index contributed by atoms with van der Waals surface area (Å²) in [7, 11) is 0. The van der Waals surface area contributed by atoms with E-state index < -0.39 is 0 Å². The van der Waals surface area contributed by atoms with Crippen molar-refractivity contribution in [1.82, 2.24) is 14.5 Å². The minimum Gasteiger partial charge on any atom is -0.316 e. The molecule has 4 heteroatoms. The van der Waals surface area contributed by atoms with E-state index in [4.69, 9.17) is 9.97 Å². The third kappa shape index (κ3) is 4.68. The number of fused-ring (bicyclic) bond motifs is 3. The van der Waals surface area contributed by atoms with E-state index in [1.165, 1.54) is 42.6 Å². The summed E-state index contributed by atoms with van der Waals surface area (Å²) in [5.74, 6) is 0. The summed E-state index contributed by atoms with van der Waals surface area (Å²) in [4.78, 5) is 11.0. The van der Waals surface area contributed by atoms with Crippen molar-refractivity contribution in [3.05, 3.63) is 164 Å². The predicted octanol–water partition coefficient (Wildman–Crippen LogP) is 11.5. The van der Waals surface area contributed by atoms with E-state index >= 15 is 0 Å². The van der Waals surface area contributed by atoms with Crippen LogP contribution >= 0.6 is 11.3 Å². The Bertz CT molecular complexity index is 2490. The minimum atomic E-state index is 0.881. The number of thiophene rings is 1. The first kappa shape index (κ1) is 26.6. The van der Waals surface area contributed by atoms with Crippen LogP contribution in [0.15, 0.2) is 164 Å². The van der Waals surface area contributed by atoms with Gasteiger partial charge in [-0.3, -0.25) is 9.97 Å². The molecular weight excluding hydrogens is 579 g/mol. The molecule has 0 atom stereocenters. The number of aromatic nitrogens is 3. The molecule has 0 amide bonds. The fraction of sp³-hybridized carbons (Fsp3) is 0.